The molecule has 0 atom stereocenters. The van der Waals surface area contributed by atoms with Crippen LogP contribution < -0.4 is 4.74 Å². The highest BCUT2D eigenvalue weighted by atomic mass is 16.5. The van der Waals surface area contributed by atoms with Gasteiger partial charge in [0, 0.05) is 5.69 Å². The molecular formula is C24H23NO3. The Hall–Kier alpha value is -3.27. The predicted octanol–water partition coefficient (Wildman–Crippen LogP) is 5.29. The van der Waals surface area contributed by atoms with Crippen molar-refractivity contribution in [2.45, 2.75) is 19.8 Å². The lowest BCUT2D eigenvalue weighted by molar-refractivity contribution is 0.0526. The summed E-state index contributed by atoms with van der Waals surface area (Å²) in [6.07, 6.45) is 6.01. The summed E-state index contributed by atoms with van der Waals surface area (Å²) in [6.45, 7) is 2.19. The van der Waals surface area contributed by atoms with Crippen molar-refractivity contribution in [1.82, 2.24) is 4.57 Å². The first-order valence-electron chi connectivity index (χ1n) is 9.55. The monoisotopic (exact) mass is 373 g/mol. The van der Waals surface area contributed by atoms with Gasteiger partial charge in [0.2, 0.25) is 0 Å². The molecule has 0 saturated carbocycles. The van der Waals surface area contributed by atoms with Crippen molar-refractivity contribution in [2.24, 2.45) is 0 Å². The van der Waals surface area contributed by atoms with Crippen molar-refractivity contribution in [3.05, 3.63) is 77.5 Å². The fourth-order valence-electron chi connectivity index (χ4n) is 3.78. The van der Waals surface area contributed by atoms with E-state index in [4.69, 9.17) is 9.47 Å². The first kappa shape index (κ1) is 18.1. The number of allylic oxidation sites excluding steroid dienone is 1. The molecule has 1 aliphatic rings. The number of esters is 1. The van der Waals surface area contributed by atoms with E-state index in [2.05, 4.69) is 16.7 Å². The van der Waals surface area contributed by atoms with Gasteiger partial charge in [0.25, 0.3) is 0 Å². The molecule has 2 aromatic carbocycles. The maximum atomic E-state index is 13.0. The van der Waals surface area contributed by atoms with Crippen molar-refractivity contribution >= 4 is 12.0 Å². The molecule has 4 heteroatoms. The Balaban J connectivity index is 2.03. The summed E-state index contributed by atoms with van der Waals surface area (Å²) in [7, 11) is 1.66. The van der Waals surface area contributed by atoms with Crippen molar-refractivity contribution < 1.29 is 14.3 Å². The Bertz CT molecular complexity index is 1010. The molecule has 4 nitrogen and oxygen atoms in total. The minimum Gasteiger partial charge on any atom is -0.497 e. The zero-order chi connectivity index (χ0) is 19.5. The molecule has 4 rings (SSSR count). The summed E-state index contributed by atoms with van der Waals surface area (Å²) in [4.78, 5) is 13.0. The van der Waals surface area contributed by atoms with Crippen molar-refractivity contribution in [3.63, 3.8) is 0 Å². The average Bonchev–Trinajstić information content (AvgIpc) is 3.10. The lowest BCUT2D eigenvalue weighted by atomic mass is 9.97. The third-order valence-corrected chi connectivity index (χ3v) is 5.01. The number of aromatic nitrogens is 1. The molecule has 0 bridgehead atoms. The van der Waals surface area contributed by atoms with Crippen LogP contribution in [0.4, 0.5) is 0 Å². The lowest BCUT2D eigenvalue weighted by Crippen LogP contribution is -2.09. The zero-order valence-corrected chi connectivity index (χ0v) is 16.1. The standard InChI is InChI=1S/C24H23NO3/c1-3-28-24(26)22-20-11-7-8-12-21(20)25(18-13-15-19(27-2)16-14-18)23(22)17-9-5-4-6-10-17/h4-6,8-10,12-16H,3,7,11H2,1-2H3. The van der Waals surface area contributed by atoms with E-state index in [9.17, 15) is 4.79 Å². The maximum Gasteiger partial charge on any atom is 0.340 e. The van der Waals surface area contributed by atoms with Crippen LogP contribution in [-0.2, 0) is 11.2 Å². The molecular weight excluding hydrogens is 350 g/mol. The van der Waals surface area contributed by atoms with Gasteiger partial charge in [-0.1, -0.05) is 36.4 Å². The van der Waals surface area contributed by atoms with E-state index in [1.165, 1.54) is 0 Å². The number of carbonyl (C=O) groups excluding carboxylic acids is 1. The van der Waals surface area contributed by atoms with E-state index in [1.54, 1.807) is 7.11 Å². The van der Waals surface area contributed by atoms with Gasteiger partial charge in [-0.25, -0.2) is 4.79 Å². The molecule has 142 valence electrons. The van der Waals surface area contributed by atoms with Gasteiger partial charge in [0.05, 0.1) is 30.7 Å². The Labute approximate surface area is 165 Å². The van der Waals surface area contributed by atoms with E-state index in [0.29, 0.717) is 12.2 Å². The molecule has 0 fully saturated rings. The summed E-state index contributed by atoms with van der Waals surface area (Å²) in [5.41, 5.74) is 5.61. The molecule has 1 heterocycles. The van der Waals surface area contributed by atoms with Crippen LogP contribution in [0.15, 0.2) is 60.7 Å². The SMILES string of the molecule is CCOC(=O)c1c2c(n(-c3ccc(OC)cc3)c1-c1ccccc1)C=CCC2. The van der Waals surface area contributed by atoms with Gasteiger partial charge in [-0.3, -0.25) is 0 Å². The Morgan fingerprint density at radius 2 is 1.82 bits per heavy atom. The third kappa shape index (κ3) is 3.11. The number of methoxy groups -OCH3 is 1. The van der Waals surface area contributed by atoms with Gasteiger partial charge in [-0.15, -0.1) is 0 Å². The summed E-state index contributed by atoms with van der Waals surface area (Å²) in [6, 6.07) is 17.9. The smallest absolute Gasteiger partial charge is 0.340 e. The minimum absolute atomic E-state index is 0.264. The van der Waals surface area contributed by atoms with E-state index in [1.807, 2.05) is 61.5 Å². The highest BCUT2D eigenvalue weighted by molar-refractivity contribution is 6.00. The molecule has 0 aliphatic heterocycles. The van der Waals surface area contributed by atoms with Crippen molar-refractivity contribution in [3.8, 4) is 22.7 Å². The van der Waals surface area contributed by atoms with E-state index in [0.717, 1.165) is 46.8 Å². The Kier molecular flexibility index (Phi) is 5.02. The van der Waals surface area contributed by atoms with Crippen LogP contribution in [0.5, 0.6) is 5.75 Å². The summed E-state index contributed by atoms with van der Waals surface area (Å²) >= 11 is 0. The molecule has 0 N–H and O–H groups in total. The maximum absolute atomic E-state index is 13.0. The summed E-state index contributed by atoms with van der Waals surface area (Å²) < 4.78 is 12.9. The van der Waals surface area contributed by atoms with Crippen LogP contribution in [0.3, 0.4) is 0 Å². The number of ether oxygens (including phenoxy) is 2. The van der Waals surface area contributed by atoms with E-state index >= 15 is 0 Å². The number of fused-ring (bicyclic) bond motifs is 1. The molecule has 3 aromatic rings. The molecule has 28 heavy (non-hydrogen) atoms. The second-order valence-corrected chi connectivity index (χ2v) is 6.65. The number of hydrogen-bond donors (Lipinski definition) is 0. The fourth-order valence-corrected chi connectivity index (χ4v) is 3.78. The first-order chi connectivity index (χ1) is 13.7. The van der Waals surface area contributed by atoms with Crippen LogP contribution in [0.1, 0.15) is 35.0 Å². The third-order valence-electron chi connectivity index (χ3n) is 5.01. The molecule has 1 aliphatic carbocycles. The number of carbonyl (C=O) groups is 1. The van der Waals surface area contributed by atoms with E-state index < -0.39 is 0 Å². The molecule has 0 saturated heterocycles. The van der Waals surface area contributed by atoms with Gasteiger partial charge in [0.15, 0.2) is 0 Å². The van der Waals surface area contributed by atoms with Crippen LogP contribution in [0.25, 0.3) is 23.0 Å². The largest absolute Gasteiger partial charge is 0.497 e. The normalized spacial score (nSPS) is 12.5. The number of hydrogen-bond acceptors (Lipinski definition) is 3. The first-order valence-corrected chi connectivity index (χ1v) is 9.55. The predicted molar refractivity (Wildman–Crippen MR) is 111 cm³/mol. The van der Waals surface area contributed by atoms with Gasteiger partial charge >= 0.3 is 5.97 Å². The molecule has 1 aromatic heterocycles. The van der Waals surface area contributed by atoms with Crippen molar-refractivity contribution in [2.75, 3.05) is 13.7 Å². The molecule has 0 spiro atoms. The molecule has 0 unspecified atom stereocenters. The minimum atomic E-state index is -0.264. The van der Waals surface area contributed by atoms with Crippen LogP contribution >= 0.6 is 0 Å². The highest BCUT2D eigenvalue weighted by Gasteiger charge is 2.29. The van der Waals surface area contributed by atoms with E-state index in [-0.39, 0.29) is 5.97 Å². The number of rotatable bonds is 5. The van der Waals surface area contributed by atoms with Gasteiger partial charge in [0.1, 0.15) is 5.75 Å². The molecule has 0 radical (unpaired) electrons. The van der Waals surface area contributed by atoms with Crippen LogP contribution in [0.2, 0.25) is 0 Å². The summed E-state index contributed by atoms with van der Waals surface area (Å²) in [5.74, 6) is 0.535. The Morgan fingerprint density at radius 1 is 1.07 bits per heavy atom. The summed E-state index contributed by atoms with van der Waals surface area (Å²) in [5, 5.41) is 0. The fraction of sp³-hybridized carbons (Fsp3) is 0.208. The zero-order valence-electron chi connectivity index (χ0n) is 16.1. The number of benzene rings is 2. The van der Waals surface area contributed by atoms with Crippen LogP contribution in [-0.4, -0.2) is 24.3 Å². The Morgan fingerprint density at radius 3 is 2.50 bits per heavy atom. The quantitative estimate of drug-likeness (QED) is 0.571. The second kappa shape index (κ2) is 7.77. The van der Waals surface area contributed by atoms with Crippen LogP contribution in [0, 0.1) is 0 Å². The van der Waals surface area contributed by atoms with Gasteiger partial charge in [-0.2, -0.15) is 0 Å². The lowest BCUT2D eigenvalue weighted by Gasteiger charge is -2.15. The molecule has 0 amide bonds. The highest BCUT2D eigenvalue weighted by Crippen LogP contribution is 2.38. The second-order valence-electron chi connectivity index (χ2n) is 6.65. The average molecular weight is 373 g/mol. The van der Waals surface area contributed by atoms with Gasteiger partial charge < -0.3 is 14.0 Å². The number of nitrogens with zero attached hydrogens (tertiary/aromatic N) is 1. The van der Waals surface area contributed by atoms with Gasteiger partial charge in [-0.05, 0) is 61.2 Å². The topological polar surface area (TPSA) is 40.5 Å². The van der Waals surface area contributed by atoms with Crippen molar-refractivity contribution in [1.29, 1.82) is 0 Å².